The summed E-state index contributed by atoms with van der Waals surface area (Å²) < 4.78 is 12.7. The van der Waals surface area contributed by atoms with Crippen LogP contribution in [-0.4, -0.2) is 43.4 Å². The van der Waals surface area contributed by atoms with Gasteiger partial charge in [0, 0.05) is 15.9 Å². The van der Waals surface area contributed by atoms with E-state index < -0.39 is 0 Å². The second-order valence-electron chi connectivity index (χ2n) is 4.30. The minimum atomic E-state index is -0.362. The van der Waals surface area contributed by atoms with Crippen molar-refractivity contribution in [1.29, 1.82) is 0 Å². The van der Waals surface area contributed by atoms with Crippen LogP contribution in [-0.2, 0) is 9.26 Å². The zero-order valence-corrected chi connectivity index (χ0v) is 11.2. The third-order valence-electron chi connectivity index (χ3n) is 3.23. The van der Waals surface area contributed by atoms with Gasteiger partial charge in [-0.15, -0.1) is 0 Å². The monoisotopic (exact) mass is 283 g/mol. The Kier molecular flexibility index (Phi) is 3.32. The number of nitrogens with two attached hydrogens (primary N) is 1. The number of nitrogen functional groups attached to an aromatic ring is 1. The zero-order valence-electron chi connectivity index (χ0n) is 10.0. The van der Waals surface area contributed by atoms with E-state index in [0.29, 0.717) is 23.4 Å². The topological polar surface area (TPSA) is 108 Å². The van der Waals surface area contributed by atoms with E-state index in [9.17, 15) is 5.11 Å². The molecule has 9 heteroatoms. The van der Waals surface area contributed by atoms with Gasteiger partial charge in [-0.05, 0) is 0 Å². The molecule has 0 radical (unpaired) electrons. The lowest BCUT2D eigenvalue weighted by Crippen LogP contribution is -2.25. The van der Waals surface area contributed by atoms with Crippen molar-refractivity contribution in [2.45, 2.75) is 24.9 Å². The molecule has 0 saturated carbocycles. The third kappa shape index (κ3) is 2.06. The molecular formula is C10H14N5O3P. The van der Waals surface area contributed by atoms with Gasteiger partial charge in [0.05, 0.1) is 19.0 Å². The lowest BCUT2D eigenvalue weighted by Gasteiger charge is -2.14. The number of aliphatic hydroxyl groups excluding tert-OH is 1. The van der Waals surface area contributed by atoms with Crippen LogP contribution in [0.25, 0.3) is 11.2 Å². The van der Waals surface area contributed by atoms with Crippen LogP contribution in [0.4, 0.5) is 5.82 Å². The Morgan fingerprint density at radius 1 is 1.53 bits per heavy atom. The fourth-order valence-corrected chi connectivity index (χ4v) is 2.55. The van der Waals surface area contributed by atoms with E-state index in [0.717, 1.165) is 0 Å². The normalized spacial score (nSPS) is 27.2. The number of ether oxygens (including phenoxy) is 1. The second-order valence-corrected chi connectivity index (χ2v) is 4.58. The summed E-state index contributed by atoms with van der Waals surface area (Å²) in [5, 5.41) is 9.26. The Labute approximate surface area is 111 Å². The number of aliphatic hydroxyl groups is 1. The molecule has 1 fully saturated rings. The van der Waals surface area contributed by atoms with Crippen molar-refractivity contribution >= 4 is 26.4 Å². The molecule has 3 N–H and O–H groups in total. The Bertz CT molecular complexity index is 580. The molecule has 3 rings (SSSR count). The lowest BCUT2D eigenvalue weighted by molar-refractivity contribution is -0.0372. The molecule has 2 aromatic rings. The summed E-state index contributed by atoms with van der Waals surface area (Å²) in [6, 6.07) is 0. The van der Waals surface area contributed by atoms with Crippen molar-refractivity contribution in [1.82, 2.24) is 19.5 Å². The van der Waals surface area contributed by atoms with Crippen molar-refractivity contribution in [3.8, 4) is 0 Å². The van der Waals surface area contributed by atoms with Crippen LogP contribution in [0.5, 0.6) is 0 Å². The molecule has 19 heavy (non-hydrogen) atoms. The first-order valence-corrected chi connectivity index (χ1v) is 6.26. The van der Waals surface area contributed by atoms with Gasteiger partial charge in [0.2, 0.25) is 0 Å². The van der Waals surface area contributed by atoms with Crippen LogP contribution in [0.15, 0.2) is 12.7 Å². The van der Waals surface area contributed by atoms with Gasteiger partial charge in [-0.1, -0.05) is 0 Å². The standard InChI is InChI=1S/C10H14N5O3P/c11-9-8-10(13-3-12-9)15(4-14-8)7-1-5(18-19)6(2-16)17-7/h3-7,16H,1-2,19H2,(H2,11,12,13). The van der Waals surface area contributed by atoms with Crippen LogP contribution in [0.3, 0.4) is 0 Å². The van der Waals surface area contributed by atoms with Gasteiger partial charge in [0.15, 0.2) is 11.5 Å². The van der Waals surface area contributed by atoms with Crippen molar-refractivity contribution in [2.75, 3.05) is 12.3 Å². The summed E-state index contributed by atoms with van der Waals surface area (Å²) in [6.45, 7) is -0.0979. The summed E-state index contributed by atoms with van der Waals surface area (Å²) in [6.07, 6.45) is 2.76. The first kappa shape index (κ1) is 12.7. The average Bonchev–Trinajstić information content (AvgIpc) is 3.02. The molecule has 4 atom stereocenters. The fourth-order valence-electron chi connectivity index (χ4n) is 2.26. The highest BCUT2D eigenvalue weighted by Gasteiger charge is 2.36. The van der Waals surface area contributed by atoms with Gasteiger partial charge < -0.3 is 20.1 Å². The molecule has 0 spiro atoms. The average molecular weight is 283 g/mol. The molecule has 0 bridgehead atoms. The number of fused-ring (bicyclic) bond motifs is 1. The van der Waals surface area contributed by atoms with Crippen LogP contribution < -0.4 is 5.73 Å². The lowest BCUT2D eigenvalue weighted by atomic mass is 10.2. The summed E-state index contributed by atoms with van der Waals surface area (Å²) in [4.78, 5) is 12.2. The highest BCUT2D eigenvalue weighted by atomic mass is 31.0. The maximum Gasteiger partial charge on any atom is 0.167 e. The number of nitrogens with zero attached hydrogens (tertiary/aromatic N) is 4. The number of anilines is 1. The molecule has 3 heterocycles. The van der Waals surface area contributed by atoms with Crippen LogP contribution in [0.1, 0.15) is 12.6 Å². The molecule has 1 saturated heterocycles. The molecule has 0 aliphatic carbocycles. The van der Waals surface area contributed by atoms with Crippen molar-refractivity contribution in [2.24, 2.45) is 0 Å². The van der Waals surface area contributed by atoms with Gasteiger partial charge in [0.1, 0.15) is 24.2 Å². The highest BCUT2D eigenvalue weighted by molar-refractivity contribution is 7.09. The van der Waals surface area contributed by atoms with E-state index in [2.05, 4.69) is 24.4 Å². The first-order valence-electron chi connectivity index (χ1n) is 5.79. The maximum atomic E-state index is 9.26. The summed E-state index contributed by atoms with van der Waals surface area (Å²) in [5.41, 5.74) is 6.89. The van der Waals surface area contributed by atoms with E-state index in [1.165, 1.54) is 6.33 Å². The summed E-state index contributed by atoms with van der Waals surface area (Å²) in [5.74, 6) is 0.333. The predicted octanol–water partition coefficient (Wildman–Crippen LogP) is -0.136. The number of aromatic nitrogens is 4. The predicted molar refractivity (Wildman–Crippen MR) is 69.9 cm³/mol. The third-order valence-corrected chi connectivity index (χ3v) is 3.58. The number of hydrogen-bond donors (Lipinski definition) is 2. The molecule has 4 unspecified atom stereocenters. The minimum absolute atomic E-state index is 0.0979. The molecule has 2 aromatic heterocycles. The molecule has 0 amide bonds. The summed E-state index contributed by atoms with van der Waals surface area (Å²) in [7, 11) is 2.20. The number of imidazole rings is 1. The smallest absolute Gasteiger partial charge is 0.167 e. The first-order chi connectivity index (χ1) is 9.24. The molecule has 1 aliphatic rings. The molecule has 0 aromatic carbocycles. The Hall–Kier alpha value is -1.34. The fraction of sp³-hybridized carbons (Fsp3) is 0.500. The Balaban J connectivity index is 1.95. The van der Waals surface area contributed by atoms with Gasteiger partial charge in [-0.3, -0.25) is 4.57 Å². The van der Waals surface area contributed by atoms with Gasteiger partial charge in [-0.25, -0.2) is 15.0 Å². The molecule has 1 aliphatic heterocycles. The van der Waals surface area contributed by atoms with Crippen molar-refractivity contribution in [3.63, 3.8) is 0 Å². The second kappa shape index (κ2) is 4.97. The van der Waals surface area contributed by atoms with Crippen molar-refractivity contribution < 1.29 is 14.4 Å². The van der Waals surface area contributed by atoms with Crippen LogP contribution >= 0.6 is 9.47 Å². The van der Waals surface area contributed by atoms with E-state index >= 15 is 0 Å². The SMILES string of the molecule is Nc1ncnc2c1ncn2C1CC(OP)C(CO)O1. The maximum absolute atomic E-state index is 9.26. The summed E-state index contributed by atoms with van der Waals surface area (Å²) >= 11 is 0. The van der Waals surface area contributed by atoms with E-state index in [-0.39, 0.29) is 25.0 Å². The number of hydrogen-bond acceptors (Lipinski definition) is 7. The Morgan fingerprint density at radius 2 is 2.37 bits per heavy atom. The van der Waals surface area contributed by atoms with Crippen LogP contribution in [0, 0.1) is 0 Å². The quantitative estimate of drug-likeness (QED) is 0.755. The molecule has 8 nitrogen and oxygen atoms in total. The van der Waals surface area contributed by atoms with Crippen LogP contribution in [0.2, 0.25) is 0 Å². The van der Waals surface area contributed by atoms with E-state index in [4.69, 9.17) is 15.0 Å². The van der Waals surface area contributed by atoms with Gasteiger partial charge in [0.25, 0.3) is 0 Å². The minimum Gasteiger partial charge on any atom is -0.394 e. The highest BCUT2D eigenvalue weighted by Crippen LogP contribution is 2.33. The van der Waals surface area contributed by atoms with Gasteiger partial charge >= 0.3 is 0 Å². The van der Waals surface area contributed by atoms with E-state index in [1.807, 2.05) is 0 Å². The zero-order chi connectivity index (χ0) is 13.4. The molecule has 102 valence electrons. The Morgan fingerprint density at radius 3 is 3.05 bits per heavy atom. The van der Waals surface area contributed by atoms with Crippen molar-refractivity contribution in [3.05, 3.63) is 12.7 Å². The number of rotatable bonds is 3. The largest absolute Gasteiger partial charge is 0.394 e. The molecular weight excluding hydrogens is 269 g/mol. The van der Waals surface area contributed by atoms with Gasteiger partial charge in [-0.2, -0.15) is 0 Å². The van der Waals surface area contributed by atoms with E-state index in [1.54, 1.807) is 10.9 Å².